The number of unbranched alkanes of at least 4 members (excludes halogenated alkanes) is 1. The van der Waals surface area contributed by atoms with Crippen molar-refractivity contribution in [3.8, 4) is 0 Å². The summed E-state index contributed by atoms with van der Waals surface area (Å²) < 4.78 is 0. The highest BCUT2D eigenvalue weighted by atomic mass is 32.2. The van der Waals surface area contributed by atoms with Gasteiger partial charge in [0.05, 0.1) is 0 Å². The second-order valence-electron chi connectivity index (χ2n) is 4.38. The van der Waals surface area contributed by atoms with Crippen LogP contribution in [0.15, 0.2) is 0 Å². The van der Waals surface area contributed by atoms with E-state index in [1.165, 1.54) is 38.1 Å². The summed E-state index contributed by atoms with van der Waals surface area (Å²) in [5.41, 5.74) is 0. The first-order chi connectivity index (χ1) is 6.74. The number of likely N-dealkylation sites (N-methyl/N-ethyl adjacent to an activating group) is 1. The number of likely N-dealkylation sites (tertiary alicyclic amines) is 1. The normalized spacial score (nSPS) is 28.5. The predicted octanol–water partition coefficient (Wildman–Crippen LogP) is 1.81. The van der Waals surface area contributed by atoms with Gasteiger partial charge < -0.3 is 10.2 Å². The van der Waals surface area contributed by atoms with Crippen molar-refractivity contribution >= 4 is 11.8 Å². The molecule has 1 aliphatic heterocycles. The van der Waals surface area contributed by atoms with E-state index in [9.17, 15) is 0 Å². The molecule has 0 amide bonds. The summed E-state index contributed by atoms with van der Waals surface area (Å²) in [6.45, 7) is 4.74. The Hall–Kier alpha value is 0.270. The van der Waals surface area contributed by atoms with E-state index in [1.807, 2.05) is 11.8 Å². The summed E-state index contributed by atoms with van der Waals surface area (Å²) in [5, 5.41) is 3.65. The molecule has 1 aliphatic rings. The Labute approximate surface area is 92.8 Å². The first-order valence-corrected chi connectivity index (χ1v) is 7.06. The first kappa shape index (κ1) is 12.3. The van der Waals surface area contributed by atoms with Crippen LogP contribution in [0.3, 0.4) is 0 Å². The van der Waals surface area contributed by atoms with Crippen molar-refractivity contribution in [1.29, 1.82) is 0 Å². The Kier molecular flexibility index (Phi) is 5.90. The van der Waals surface area contributed by atoms with E-state index in [1.54, 1.807) is 0 Å². The summed E-state index contributed by atoms with van der Waals surface area (Å²) >= 11 is 1.95. The zero-order valence-corrected chi connectivity index (χ0v) is 10.6. The van der Waals surface area contributed by atoms with Gasteiger partial charge in [-0.05, 0) is 51.8 Å². The Balaban J connectivity index is 1.97. The molecule has 2 nitrogen and oxygen atoms in total. The Morgan fingerprint density at radius 3 is 2.79 bits per heavy atom. The lowest BCUT2D eigenvalue weighted by molar-refractivity contribution is 0.326. The summed E-state index contributed by atoms with van der Waals surface area (Å²) in [4.78, 5) is 2.44. The first-order valence-electron chi connectivity index (χ1n) is 5.66. The highest BCUT2D eigenvalue weighted by molar-refractivity contribution is 7.98. The molecule has 1 N–H and O–H groups in total. The van der Waals surface area contributed by atoms with E-state index < -0.39 is 0 Å². The minimum Gasteiger partial charge on any atom is -0.313 e. The second-order valence-corrected chi connectivity index (χ2v) is 5.36. The molecular formula is C11H24N2S. The van der Waals surface area contributed by atoms with Gasteiger partial charge in [0.15, 0.2) is 0 Å². The van der Waals surface area contributed by atoms with Crippen molar-refractivity contribution < 1.29 is 0 Å². The van der Waals surface area contributed by atoms with Gasteiger partial charge in [-0.2, -0.15) is 11.8 Å². The minimum atomic E-state index is 0.740. The lowest BCUT2D eigenvalue weighted by Gasteiger charge is -2.13. The predicted molar refractivity (Wildman–Crippen MR) is 66.1 cm³/mol. The highest BCUT2D eigenvalue weighted by Crippen LogP contribution is 2.14. The topological polar surface area (TPSA) is 15.3 Å². The molecule has 1 heterocycles. The standard InChI is InChI=1S/C11H24N2S/c1-10-8-11(9-13(10)2)12-6-4-5-7-14-3/h10-12H,4-9H2,1-3H3. The second kappa shape index (κ2) is 6.70. The number of rotatable bonds is 6. The van der Waals surface area contributed by atoms with E-state index in [4.69, 9.17) is 0 Å². The Morgan fingerprint density at radius 1 is 1.43 bits per heavy atom. The summed E-state index contributed by atoms with van der Waals surface area (Å²) in [6.07, 6.45) is 6.18. The molecule has 1 rings (SSSR count). The summed E-state index contributed by atoms with van der Waals surface area (Å²) in [5.74, 6) is 1.31. The van der Waals surface area contributed by atoms with Crippen LogP contribution in [0.1, 0.15) is 26.2 Å². The lowest BCUT2D eigenvalue weighted by Crippen LogP contribution is -2.32. The van der Waals surface area contributed by atoms with Crippen LogP contribution in [0.5, 0.6) is 0 Å². The van der Waals surface area contributed by atoms with Gasteiger partial charge in [0.1, 0.15) is 0 Å². The SMILES string of the molecule is CSCCCCNC1CC(C)N(C)C1. The van der Waals surface area contributed by atoms with Crippen molar-refractivity contribution in [2.24, 2.45) is 0 Å². The molecule has 84 valence electrons. The van der Waals surface area contributed by atoms with Gasteiger partial charge in [0.25, 0.3) is 0 Å². The van der Waals surface area contributed by atoms with Crippen molar-refractivity contribution in [2.75, 3.05) is 32.1 Å². The molecule has 14 heavy (non-hydrogen) atoms. The van der Waals surface area contributed by atoms with Gasteiger partial charge in [0.2, 0.25) is 0 Å². The van der Waals surface area contributed by atoms with Crippen molar-refractivity contribution in [3.05, 3.63) is 0 Å². The van der Waals surface area contributed by atoms with Crippen LogP contribution in [0.2, 0.25) is 0 Å². The number of hydrogen-bond donors (Lipinski definition) is 1. The number of hydrogen-bond acceptors (Lipinski definition) is 3. The van der Waals surface area contributed by atoms with E-state index in [0.717, 1.165) is 12.1 Å². The molecular weight excluding hydrogens is 192 g/mol. The fourth-order valence-electron chi connectivity index (χ4n) is 2.02. The molecule has 1 saturated heterocycles. The van der Waals surface area contributed by atoms with Gasteiger partial charge in [0, 0.05) is 18.6 Å². The van der Waals surface area contributed by atoms with Gasteiger partial charge in [-0.1, -0.05) is 0 Å². The maximum absolute atomic E-state index is 3.65. The number of nitrogens with zero attached hydrogens (tertiary/aromatic N) is 1. The quantitative estimate of drug-likeness (QED) is 0.682. The van der Waals surface area contributed by atoms with Crippen LogP contribution >= 0.6 is 11.8 Å². The zero-order valence-electron chi connectivity index (χ0n) is 9.75. The Morgan fingerprint density at radius 2 is 2.21 bits per heavy atom. The average molecular weight is 216 g/mol. The van der Waals surface area contributed by atoms with Crippen molar-refractivity contribution in [3.63, 3.8) is 0 Å². The molecule has 0 radical (unpaired) electrons. The third-order valence-corrected chi connectivity index (χ3v) is 3.79. The largest absolute Gasteiger partial charge is 0.313 e. The van der Waals surface area contributed by atoms with Crippen LogP contribution in [0, 0.1) is 0 Å². The lowest BCUT2D eigenvalue weighted by atomic mass is 10.2. The zero-order chi connectivity index (χ0) is 10.4. The van der Waals surface area contributed by atoms with Crippen LogP contribution in [0.25, 0.3) is 0 Å². The fraction of sp³-hybridized carbons (Fsp3) is 1.00. The minimum absolute atomic E-state index is 0.740. The molecule has 2 unspecified atom stereocenters. The van der Waals surface area contributed by atoms with Crippen LogP contribution in [-0.4, -0.2) is 49.1 Å². The van der Waals surface area contributed by atoms with E-state index in [2.05, 4.69) is 30.4 Å². The number of nitrogens with one attached hydrogen (secondary N) is 1. The van der Waals surface area contributed by atoms with Gasteiger partial charge in [-0.25, -0.2) is 0 Å². The van der Waals surface area contributed by atoms with Crippen molar-refractivity contribution in [1.82, 2.24) is 10.2 Å². The van der Waals surface area contributed by atoms with Crippen LogP contribution in [0.4, 0.5) is 0 Å². The van der Waals surface area contributed by atoms with Gasteiger partial charge >= 0.3 is 0 Å². The molecule has 0 aromatic carbocycles. The maximum Gasteiger partial charge on any atom is 0.0209 e. The molecule has 0 aromatic heterocycles. The molecule has 3 heteroatoms. The third kappa shape index (κ3) is 4.20. The molecule has 0 saturated carbocycles. The van der Waals surface area contributed by atoms with Gasteiger partial charge in [-0.3, -0.25) is 0 Å². The molecule has 2 atom stereocenters. The highest BCUT2D eigenvalue weighted by Gasteiger charge is 2.24. The average Bonchev–Trinajstić information content (AvgIpc) is 2.46. The van der Waals surface area contributed by atoms with Crippen LogP contribution in [-0.2, 0) is 0 Å². The monoisotopic (exact) mass is 216 g/mol. The molecule has 0 aliphatic carbocycles. The maximum atomic E-state index is 3.65. The van der Waals surface area contributed by atoms with E-state index in [0.29, 0.717) is 0 Å². The third-order valence-electron chi connectivity index (χ3n) is 3.09. The molecule has 0 bridgehead atoms. The van der Waals surface area contributed by atoms with Gasteiger partial charge in [-0.15, -0.1) is 0 Å². The molecule has 0 aromatic rings. The molecule has 1 fully saturated rings. The fourth-order valence-corrected chi connectivity index (χ4v) is 2.51. The van der Waals surface area contributed by atoms with E-state index >= 15 is 0 Å². The summed E-state index contributed by atoms with van der Waals surface area (Å²) in [7, 11) is 2.22. The van der Waals surface area contributed by atoms with Crippen LogP contribution < -0.4 is 5.32 Å². The Bertz CT molecular complexity index is 142. The molecule has 0 spiro atoms. The van der Waals surface area contributed by atoms with E-state index in [-0.39, 0.29) is 0 Å². The number of thioether (sulfide) groups is 1. The van der Waals surface area contributed by atoms with Crippen molar-refractivity contribution in [2.45, 2.75) is 38.3 Å². The smallest absolute Gasteiger partial charge is 0.0209 e. The summed E-state index contributed by atoms with van der Waals surface area (Å²) in [6, 6.07) is 1.50.